The van der Waals surface area contributed by atoms with E-state index in [2.05, 4.69) is 23.1 Å². The third-order valence-corrected chi connectivity index (χ3v) is 5.47. The lowest BCUT2D eigenvalue weighted by molar-refractivity contribution is -0.139. The third-order valence-electron chi connectivity index (χ3n) is 5.15. The first-order chi connectivity index (χ1) is 16.9. The fourth-order valence-corrected chi connectivity index (χ4v) is 3.82. The van der Waals surface area contributed by atoms with Gasteiger partial charge in [0.05, 0.1) is 10.7 Å². The van der Waals surface area contributed by atoms with Crippen molar-refractivity contribution < 1.29 is 19.1 Å². The molecule has 0 spiro atoms. The number of halogens is 1. The minimum atomic E-state index is -1.14. The Kier molecular flexibility index (Phi) is 9.71. The van der Waals surface area contributed by atoms with Crippen molar-refractivity contribution in [2.75, 3.05) is 11.9 Å². The SMILES string of the molecule is C#Cc1ccccc1C(C(=O)Nc1c(C)cccc1Cl)N(CC=C)C(=O)C(C)NC(=O)OC(C)(C)C. The number of amides is 3. The zero-order valence-corrected chi connectivity index (χ0v) is 22.0. The zero-order valence-electron chi connectivity index (χ0n) is 21.2. The largest absolute Gasteiger partial charge is 0.444 e. The molecule has 0 bridgehead atoms. The minimum Gasteiger partial charge on any atom is -0.444 e. The second kappa shape index (κ2) is 12.3. The Morgan fingerprint density at radius 1 is 1.19 bits per heavy atom. The number of hydrogen-bond acceptors (Lipinski definition) is 4. The van der Waals surface area contributed by atoms with Crippen LogP contribution in [0.2, 0.25) is 5.02 Å². The van der Waals surface area contributed by atoms with Crippen LogP contribution < -0.4 is 10.6 Å². The molecule has 0 aromatic heterocycles. The van der Waals surface area contributed by atoms with E-state index in [1.54, 1.807) is 57.2 Å². The maximum Gasteiger partial charge on any atom is 0.408 e. The molecule has 2 aromatic rings. The second-order valence-corrected chi connectivity index (χ2v) is 9.61. The fraction of sp³-hybridized carbons (Fsp3) is 0.321. The number of nitrogens with zero attached hydrogens (tertiary/aromatic N) is 1. The van der Waals surface area contributed by atoms with Crippen LogP contribution in [0.1, 0.15) is 50.4 Å². The first-order valence-electron chi connectivity index (χ1n) is 11.4. The zero-order chi connectivity index (χ0) is 27.0. The van der Waals surface area contributed by atoms with Gasteiger partial charge in [0.2, 0.25) is 5.91 Å². The molecule has 0 saturated carbocycles. The molecule has 0 fully saturated rings. The van der Waals surface area contributed by atoms with Crippen molar-refractivity contribution in [1.29, 1.82) is 0 Å². The van der Waals surface area contributed by atoms with Gasteiger partial charge in [0.1, 0.15) is 17.7 Å². The number of carbonyl (C=O) groups is 3. The van der Waals surface area contributed by atoms with Crippen molar-refractivity contribution in [1.82, 2.24) is 10.2 Å². The van der Waals surface area contributed by atoms with E-state index in [9.17, 15) is 14.4 Å². The number of para-hydroxylation sites is 1. The first-order valence-corrected chi connectivity index (χ1v) is 11.8. The van der Waals surface area contributed by atoms with E-state index >= 15 is 0 Å². The molecule has 2 unspecified atom stereocenters. The van der Waals surface area contributed by atoms with Crippen molar-refractivity contribution in [3.8, 4) is 12.3 Å². The van der Waals surface area contributed by atoms with Crippen LogP contribution in [0.5, 0.6) is 0 Å². The Labute approximate surface area is 217 Å². The first kappa shape index (κ1) is 28.5. The van der Waals surface area contributed by atoms with Crippen LogP contribution in [0.15, 0.2) is 55.1 Å². The summed E-state index contributed by atoms with van der Waals surface area (Å²) in [5, 5.41) is 5.75. The van der Waals surface area contributed by atoms with Crippen LogP contribution >= 0.6 is 11.6 Å². The number of carbonyl (C=O) groups excluding carboxylic acids is 3. The predicted octanol–water partition coefficient (Wildman–Crippen LogP) is 5.24. The molecule has 2 rings (SSSR count). The number of hydrogen-bond donors (Lipinski definition) is 2. The number of aryl methyl sites for hydroxylation is 1. The highest BCUT2D eigenvalue weighted by Crippen LogP contribution is 2.30. The van der Waals surface area contributed by atoms with Crippen molar-refractivity contribution >= 4 is 35.2 Å². The lowest BCUT2D eigenvalue weighted by Gasteiger charge is -2.33. The maximum atomic E-state index is 13.8. The Bertz CT molecular complexity index is 1160. The number of rotatable bonds is 8. The summed E-state index contributed by atoms with van der Waals surface area (Å²) >= 11 is 6.34. The maximum absolute atomic E-state index is 13.8. The van der Waals surface area contributed by atoms with Crippen molar-refractivity contribution in [2.24, 2.45) is 0 Å². The highest BCUT2D eigenvalue weighted by atomic mass is 35.5. The number of anilines is 1. The Morgan fingerprint density at radius 3 is 2.44 bits per heavy atom. The molecule has 0 aliphatic rings. The highest BCUT2D eigenvalue weighted by Gasteiger charge is 2.35. The van der Waals surface area contributed by atoms with Crippen LogP contribution in [0.4, 0.5) is 10.5 Å². The van der Waals surface area contributed by atoms with Crippen molar-refractivity contribution in [3.63, 3.8) is 0 Å². The van der Waals surface area contributed by atoms with Gasteiger partial charge in [-0.15, -0.1) is 13.0 Å². The molecule has 3 amide bonds. The number of ether oxygens (including phenoxy) is 1. The molecule has 0 heterocycles. The minimum absolute atomic E-state index is 0.0116. The van der Waals surface area contributed by atoms with Gasteiger partial charge in [-0.2, -0.15) is 0 Å². The van der Waals surface area contributed by atoms with Gasteiger partial charge in [-0.05, 0) is 57.9 Å². The molecule has 190 valence electrons. The van der Waals surface area contributed by atoms with Crippen molar-refractivity contribution in [3.05, 3.63) is 76.8 Å². The lowest BCUT2D eigenvalue weighted by Crippen LogP contribution is -2.51. The van der Waals surface area contributed by atoms with Crippen molar-refractivity contribution in [2.45, 2.75) is 52.3 Å². The van der Waals surface area contributed by atoms with Crippen LogP contribution in [-0.4, -0.2) is 41.0 Å². The number of alkyl carbamates (subject to hydrolysis) is 1. The van der Waals surface area contributed by atoms with E-state index in [0.29, 0.717) is 21.8 Å². The van der Waals surface area contributed by atoms with Crippen LogP contribution in [0.25, 0.3) is 0 Å². The molecule has 8 heteroatoms. The number of nitrogens with one attached hydrogen (secondary N) is 2. The monoisotopic (exact) mass is 509 g/mol. The summed E-state index contributed by atoms with van der Waals surface area (Å²) in [6, 6.07) is 9.96. The topological polar surface area (TPSA) is 87.7 Å². The molecule has 2 N–H and O–H groups in total. The van der Waals surface area contributed by atoms with Gasteiger partial charge >= 0.3 is 6.09 Å². The van der Waals surface area contributed by atoms with E-state index in [1.165, 1.54) is 17.9 Å². The molecule has 0 aliphatic carbocycles. The summed E-state index contributed by atoms with van der Waals surface area (Å²) in [6.07, 6.45) is 6.47. The summed E-state index contributed by atoms with van der Waals surface area (Å²) < 4.78 is 5.27. The molecule has 2 aromatic carbocycles. The predicted molar refractivity (Wildman–Crippen MR) is 143 cm³/mol. The quantitative estimate of drug-likeness (QED) is 0.376. The summed E-state index contributed by atoms with van der Waals surface area (Å²) in [6.45, 7) is 12.2. The molecule has 7 nitrogen and oxygen atoms in total. The number of terminal acetylenes is 1. The van der Waals surface area contributed by atoms with E-state index in [4.69, 9.17) is 22.8 Å². The molecule has 36 heavy (non-hydrogen) atoms. The smallest absolute Gasteiger partial charge is 0.408 e. The molecule has 0 saturated heterocycles. The second-order valence-electron chi connectivity index (χ2n) is 9.20. The van der Waals surface area contributed by atoms with Gasteiger partial charge in [-0.3, -0.25) is 9.59 Å². The highest BCUT2D eigenvalue weighted by molar-refractivity contribution is 6.34. The molecule has 2 atom stereocenters. The fourth-order valence-electron chi connectivity index (χ4n) is 3.56. The van der Waals surface area contributed by atoms with Gasteiger partial charge < -0.3 is 20.3 Å². The van der Waals surface area contributed by atoms with Gasteiger partial charge in [0, 0.05) is 12.1 Å². The van der Waals surface area contributed by atoms with Crippen LogP contribution in [0, 0.1) is 19.3 Å². The Balaban J connectivity index is 2.51. The van der Waals surface area contributed by atoms with E-state index in [1.807, 2.05) is 13.0 Å². The molecular weight excluding hydrogens is 478 g/mol. The third kappa shape index (κ3) is 7.37. The Morgan fingerprint density at radius 2 is 1.86 bits per heavy atom. The normalized spacial score (nSPS) is 12.5. The standard InChI is InChI=1S/C28H32ClN3O4/c1-8-17-32(26(34)19(4)30-27(35)36-28(5,6)7)24(21-15-11-10-14-20(21)9-2)25(33)31-23-18(3)13-12-16-22(23)29/h2,8,10-16,19,24H,1,17H2,3-7H3,(H,30,35)(H,31,33). The van der Waals surface area contributed by atoms with Crippen LogP contribution in [-0.2, 0) is 14.3 Å². The Hall–Kier alpha value is -3.76. The summed E-state index contributed by atoms with van der Waals surface area (Å²) in [5.74, 6) is 1.54. The summed E-state index contributed by atoms with van der Waals surface area (Å²) in [4.78, 5) is 41.0. The van der Waals surface area contributed by atoms with Gasteiger partial charge in [-0.25, -0.2) is 4.79 Å². The van der Waals surface area contributed by atoms with E-state index in [-0.39, 0.29) is 6.54 Å². The van der Waals surface area contributed by atoms with Crippen LogP contribution in [0.3, 0.4) is 0 Å². The number of benzene rings is 2. The molecule has 0 aliphatic heterocycles. The van der Waals surface area contributed by atoms with Gasteiger partial charge in [0.15, 0.2) is 0 Å². The lowest BCUT2D eigenvalue weighted by atomic mass is 9.97. The molecular formula is C28H32ClN3O4. The van der Waals surface area contributed by atoms with Gasteiger partial charge in [0.25, 0.3) is 5.91 Å². The van der Waals surface area contributed by atoms with Gasteiger partial charge in [-0.1, -0.05) is 53.9 Å². The van der Waals surface area contributed by atoms with E-state index < -0.39 is 35.6 Å². The molecule has 0 radical (unpaired) electrons. The summed E-state index contributed by atoms with van der Waals surface area (Å²) in [5.41, 5.74) is 1.33. The van der Waals surface area contributed by atoms with E-state index in [0.717, 1.165) is 5.56 Å². The average Bonchev–Trinajstić information content (AvgIpc) is 2.79. The average molecular weight is 510 g/mol. The summed E-state index contributed by atoms with van der Waals surface area (Å²) in [7, 11) is 0.